The summed E-state index contributed by atoms with van der Waals surface area (Å²) in [6, 6.07) is 12.5. The number of rotatable bonds is 5. The van der Waals surface area contributed by atoms with Gasteiger partial charge in [0.15, 0.2) is 0 Å². The van der Waals surface area contributed by atoms with Crippen LogP contribution in [0, 0.1) is 0 Å². The van der Waals surface area contributed by atoms with Crippen molar-refractivity contribution in [2.45, 2.75) is 26.2 Å². The number of amides is 1. The molecule has 1 aromatic carbocycles. The van der Waals surface area contributed by atoms with Gasteiger partial charge in [-0.15, -0.1) is 11.3 Å². The summed E-state index contributed by atoms with van der Waals surface area (Å²) in [5.41, 5.74) is 4.01. The van der Waals surface area contributed by atoms with Crippen LogP contribution < -0.4 is 5.32 Å². The Morgan fingerprint density at radius 3 is 2.68 bits per heavy atom. The molecule has 0 aliphatic carbocycles. The predicted molar refractivity (Wildman–Crippen MR) is 93.5 cm³/mol. The van der Waals surface area contributed by atoms with E-state index in [2.05, 4.69) is 36.5 Å². The minimum Gasteiger partial charge on any atom is -0.321 e. The van der Waals surface area contributed by atoms with Crippen molar-refractivity contribution in [3.05, 3.63) is 69.4 Å². The van der Waals surface area contributed by atoms with Crippen LogP contribution in [0.4, 0.5) is 0 Å². The molecule has 0 radical (unpaired) electrons. The van der Waals surface area contributed by atoms with Gasteiger partial charge in [0.1, 0.15) is 0 Å². The van der Waals surface area contributed by atoms with Gasteiger partial charge in [0.05, 0.1) is 0 Å². The van der Waals surface area contributed by atoms with Crippen LogP contribution in [-0.2, 0) is 11.2 Å². The van der Waals surface area contributed by atoms with Crippen molar-refractivity contribution in [3.8, 4) is 0 Å². The molecule has 2 nitrogen and oxygen atoms in total. The molecule has 0 unspecified atom stereocenters. The standard InChI is InChI=1S/C19H19NOS/c1-2-3-5-14-7-9-15(10-8-14)18-13-16(19(21)20-18)12-17-6-4-11-22-17/h4,6-13H,2-3,5H2,1H3,(H,20,21). The third kappa shape index (κ3) is 3.37. The summed E-state index contributed by atoms with van der Waals surface area (Å²) >= 11 is 1.63. The fourth-order valence-electron chi connectivity index (χ4n) is 2.47. The first kappa shape index (κ1) is 14.8. The minimum atomic E-state index is -0.0292. The first-order valence-electron chi connectivity index (χ1n) is 7.64. The molecule has 1 amide bonds. The molecule has 0 fully saturated rings. The van der Waals surface area contributed by atoms with Crippen LogP contribution >= 0.6 is 11.3 Å². The molecule has 1 N–H and O–H groups in total. The molecular formula is C19H19NOS. The highest BCUT2D eigenvalue weighted by Gasteiger charge is 2.18. The van der Waals surface area contributed by atoms with Gasteiger partial charge in [0.25, 0.3) is 5.91 Å². The van der Waals surface area contributed by atoms with Gasteiger partial charge in [0, 0.05) is 16.1 Å². The average Bonchev–Trinajstić information content (AvgIpc) is 3.17. The smallest absolute Gasteiger partial charge is 0.255 e. The van der Waals surface area contributed by atoms with Gasteiger partial charge >= 0.3 is 0 Å². The van der Waals surface area contributed by atoms with Gasteiger partial charge in [-0.25, -0.2) is 0 Å². The zero-order chi connectivity index (χ0) is 15.4. The number of thiophene rings is 1. The highest BCUT2D eigenvalue weighted by molar-refractivity contribution is 7.10. The maximum atomic E-state index is 12.1. The normalized spacial score (nSPS) is 16.0. The van der Waals surface area contributed by atoms with E-state index >= 15 is 0 Å². The Bertz CT molecular complexity index is 708. The van der Waals surface area contributed by atoms with E-state index in [0.29, 0.717) is 5.57 Å². The molecule has 1 aromatic heterocycles. The number of hydrogen-bond acceptors (Lipinski definition) is 2. The molecule has 0 atom stereocenters. The lowest BCUT2D eigenvalue weighted by molar-refractivity contribution is -0.115. The summed E-state index contributed by atoms with van der Waals surface area (Å²) in [4.78, 5) is 13.2. The Balaban J connectivity index is 1.79. The Labute approximate surface area is 135 Å². The van der Waals surface area contributed by atoms with E-state index in [0.717, 1.165) is 22.6 Å². The largest absolute Gasteiger partial charge is 0.321 e. The van der Waals surface area contributed by atoms with Crippen LogP contribution in [0.25, 0.3) is 11.8 Å². The molecule has 3 rings (SSSR count). The van der Waals surface area contributed by atoms with Crippen molar-refractivity contribution < 1.29 is 4.79 Å². The molecule has 1 aliphatic rings. The lowest BCUT2D eigenvalue weighted by Crippen LogP contribution is -2.15. The van der Waals surface area contributed by atoms with Crippen LogP contribution in [0.1, 0.15) is 35.8 Å². The molecule has 112 valence electrons. The highest BCUT2D eigenvalue weighted by Crippen LogP contribution is 2.24. The molecule has 0 spiro atoms. The number of carbonyl (C=O) groups excluding carboxylic acids is 1. The van der Waals surface area contributed by atoms with Gasteiger partial charge in [0.2, 0.25) is 0 Å². The summed E-state index contributed by atoms with van der Waals surface area (Å²) in [6.45, 7) is 2.20. The van der Waals surface area contributed by atoms with Crippen LogP contribution in [0.15, 0.2) is 53.4 Å². The zero-order valence-electron chi connectivity index (χ0n) is 12.6. The zero-order valence-corrected chi connectivity index (χ0v) is 13.5. The summed E-state index contributed by atoms with van der Waals surface area (Å²) in [5.74, 6) is -0.0292. The van der Waals surface area contributed by atoms with Crippen LogP contribution in [0.3, 0.4) is 0 Å². The van der Waals surface area contributed by atoms with E-state index in [-0.39, 0.29) is 5.91 Å². The first-order chi connectivity index (χ1) is 10.8. The molecule has 0 saturated heterocycles. The van der Waals surface area contributed by atoms with Crippen molar-refractivity contribution in [3.63, 3.8) is 0 Å². The molecule has 1 aliphatic heterocycles. The Kier molecular flexibility index (Phi) is 4.54. The molecule has 3 heteroatoms. The van der Waals surface area contributed by atoms with Crippen molar-refractivity contribution in [2.75, 3.05) is 0 Å². The number of benzene rings is 1. The maximum Gasteiger partial charge on any atom is 0.255 e. The van der Waals surface area contributed by atoms with E-state index in [1.165, 1.54) is 18.4 Å². The van der Waals surface area contributed by atoms with Crippen molar-refractivity contribution >= 4 is 29.0 Å². The maximum absolute atomic E-state index is 12.1. The van der Waals surface area contributed by atoms with Crippen LogP contribution in [-0.4, -0.2) is 5.91 Å². The Hall–Kier alpha value is -2.13. The predicted octanol–water partition coefficient (Wildman–Crippen LogP) is 4.65. The number of nitrogens with one attached hydrogen (secondary N) is 1. The topological polar surface area (TPSA) is 29.1 Å². The number of aryl methyl sites for hydroxylation is 1. The van der Waals surface area contributed by atoms with Gasteiger partial charge in [-0.1, -0.05) is 43.7 Å². The van der Waals surface area contributed by atoms with Crippen LogP contribution in [0.5, 0.6) is 0 Å². The minimum absolute atomic E-state index is 0.0292. The monoisotopic (exact) mass is 309 g/mol. The summed E-state index contributed by atoms with van der Waals surface area (Å²) < 4.78 is 0. The van der Waals surface area contributed by atoms with E-state index in [9.17, 15) is 4.79 Å². The third-order valence-corrected chi connectivity index (χ3v) is 4.55. The van der Waals surface area contributed by atoms with E-state index in [4.69, 9.17) is 0 Å². The quantitative estimate of drug-likeness (QED) is 0.801. The SMILES string of the molecule is CCCCc1ccc(C2=CC(=Cc3cccs3)C(=O)N2)cc1. The molecule has 22 heavy (non-hydrogen) atoms. The molecule has 2 heterocycles. The summed E-state index contributed by atoms with van der Waals surface area (Å²) in [6.07, 6.45) is 7.41. The molecule has 2 aromatic rings. The average molecular weight is 309 g/mol. The lowest BCUT2D eigenvalue weighted by Gasteiger charge is -2.05. The van der Waals surface area contributed by atoms with Gasteiger partial charge in [-0.3, -0.25) is 4.79 Å². The Morgan fingerprint density at radius 2 is 2.00 bits per heavy atom. The number of unbranched alkanes of at least 4 members (excludes halogenated alkanes) is 1. The number of hydrogen-bond donors (Lipinski definition) is 1. The summed E-state index contributed by atoms with van der Waals surface area (Å²) in [5, 5.41) is 4.97. The van der Waals surface area contributed by atoms with Crippen molar-refractivity contribution in [2.24, 2.45) is 0 Å². The highest BCUT2D eigenvalue weighted by atomic mass is 32.1. The molecule has 0 saturated carbocycles. The molecule has 0 bridgehead atoms. The van der Waals surface area contributed by atoms with E-state index in [1.807, 2.05) is 29.7 Å². The molecular weight excluding hydrogens is 290 g/mol. The van der Waals surface area contributed by atoms with E-state index < -0.39 is 0 Å². The van der Waals surface area contributed by atoms with Crippen molar-refractivity contribution in [1.82, 2.24) is 5.32 Å². The Morgan fingerprint density at radius 1 is 1.18 bits per heavy atom. The van der Waals surface area contributed by atoms with Gasteiger partial charge in [-0.2, -0.15) is 0 Å². The fraction of sp³-hybridized carbons (Fsp3) is 0.211. The second kappa shape index (κ2) is 6.75. The summed E-state index contributed by atoms with van der Waals surface area (Å²) in [7, 11) is 0. The van der Waals surface area contributed by atoms with Gasteiger partial charge in [-0.05, 0) is 47.6 Å². The van der Waals surface area contributed by atoms with Crippen molar-refractivity contribution in [1.29, 1.82) is 0 Å². The van der Waals surface area contributed by atoms with E-state index in [1.54, 1.807) is 11.3 Å². The second-order valence-corrected chi connectivity index (χ2v) is 6.41. The lowest BCUT2D eigenvalue weighted by atomic mass is 10.0. The second-order valence-electron chi connectivity index (χ2n) is 5.43. The van der Waals surface area contributed by atoms with Gasteiger partial charge < -0.3 is 5.32 Å². The number of carbonyl (C=O) groups is 1. The van der Waals surface area contributed by atoms with Crippen LogP contribution in [0.2, 0.25) is 0 Å². The third-order valence-electron chi connectivity index (χ3n) is 3.74. The fourth-order valence-corrected chi connectivity index (χ4v) is 3.14. The first-order valence-corrected chi connectivity index (χ1v) is 8.52.